The van der Waals surface area contributed by atoms with Crippen molar-refractivity contribution >= 4 is 124 Å². The second kappa shape index (κ2) is 24.7. The summed E-state index contributed by atoms with van der Waals surface area (Å²) in [6, 6.07) is 39.4. The average molecular weight is 1240 g/mol. The second-order valence-electron chi connectivity index (χ2n) is 14.1. The van der Waals surface area contributed by atoms with Gasteiger partial charge in [-0.1, -0.05) is 187 Å². The SMILES string of the molecule is OCCS(CCO)(Cc1c(Br)cc(Br)cc1Br)OB(OCCCC(c1ccccc1)(c1ccccc1)c1ccccc1)OS(CCO)(CCO)Cc1c(Br)cc(Br)cc1Br. The van der Waals surface area contributed by atoms with E-state index in [1.807, 2.05) is 42.5 Å². The van der Waals surface area contributed by atoms with Crippen molar-refractivity contribution in [1.82, 2.24) is 0 Å². The first-order valence-electron chi connectivity index (χ1n) is 19.3. The molecule has 5 aromatic carbocycles. The van der Waals surface area contributed by atoms with E-state index >= 15 is 0 Å². The molecular weight excluding hydrogens is 1190 g/mol. The molecule has 0 unspecified atom stereocenters. The van der Waals surface area contributed by atoms with Gasteiger partial charge in [-0.25, -0.2) is 0 Å². The molecule has 0 aliphatic rings. The van der Waals surface area contributed by atoms with E-state index in [0.717, 1.165) is 54.7 Å². The van der Waals surface area contributed by atoms with Gasteiger partial charge in [0.25, 0.3) is 0 Å². The second-order valence-corrected chi connectivity index (χ2v) is 25.8. The third-order valence-corrected chi connectivity index (χ3v) is 20.4. The fraction of sp³-hybridized carbons (Fsp3) is 0.318. The minimum Gasteiger partial charge on any atom is -0.395 e. The van der Waals surface area contributed by atoms with Crippen LogP contribution in [0, 0.1) is 0 Å². The molecule has 0 atom stereocenters. The van der Waals surface area contributed by atoms with Crippen molar-refractivity contribution in [2.75, 3.05) is 56.0 Å². The van der Waals surface area contributed by atoms with E-state index in [0.29, 0.717) is 24.3 Å². The van der Waals surface area contributed by atoms with Gasteiger partial charge in [0, 0.05) is 73.4 Å². The molecule has 0 heterocycles. The third kappa shape index (κ3) is 13.3. The molecule has 0 saturated heterocycles. The van der Waals surface area contributed by atoms with E-state index in [-0.39, 0.29) is 56.0 Å². The molecule has 5 aromatic rings. The normalized spacial score (nSPS) is 12.8. The highest BCUT2D eigenvalue weighted by molar-refractivity contribution is 9.12. The van der Waals surface area contributed by atoms with E-state index in [9.17, 15) is 20.4 Å². The van der Waals surface area contributed by atoms with Gasteiger partial charge in [-0.15, -0.1) is 20.6 Å². The number of hydrogen-bond acceptors (Lipinski definition) is 7. The molecule has 0 bridgehead atoms. The van der Waals surface area contributed by atoms with Gasteiger partial charge in [0.1, 0.15) is 0 Å². The Labute approximate surface area is 408 Å². The molecule has 16 heteroatoms. The summed E-state index contributed by atoms with van der Waals surface area (Å²) in [5.41, 5.74) is 4.80. The molecule has 60 heavy (non-hydrogen) atoms. The fourth-order valence-electron chi connectivity index (χ4n) is 7.39. The topological polar surface area (TPSA) is 109 Å². The lowest BCUT2D eigenvalue weighted by atomic mass is 9.67. The van der Waals surface area contributed by atoms with E-state index in [2.05, 4.69) is 168 Å². The first-order chi connectivity index (χ1) is 28.9. The molecule has 0 aliphatic heterocycles. The Bertz CT molecular complexity index is 1860. The fourth-order valence-corrected chi connectivity index (χ4v) is 18.6. The van der Waals surface area contributed by atoms with Crippen LogP contribution in [0.1, 0.15) is 40.7 Å². The summed E-state index contributed by atoms with van der Waals surface area (Å²) in [4.78, 5) is 0. The third-order valence-electron chi connectivity index (χ3n) is 10.2. The lowest BCUT2D eigenvalue weighted by molar-refractivity contribution is 0.203. The maximum Gasteiger partial charge on any atom is 0.660 e. The first kappa shape index (κ1) is 50.5. The Balaban J connectivity index is 1.57. The number of aliphatic hydroxyl groups is 4. The Morgan fingerprint density at radius 3 is 1.10 bits per heavy atom. The van der Waals surface area contributed by atoms with Crippen molar-refractivity contribution in [2.45, 2.75) is 29.8 Å². The molecule has 0 aliphatic carbocycles. The van der Waals surface area contributed by atoms with Crippen LogP contribution in [0.2, 0.25) is 0 Å². The van der Waals surface area contributed by atoms with Crippen molar-refractivity contribution in [2.24, 2.45) is 0 Å². The van der Waals surface area contributed by atoms with Crippen molar-refractivity contribution < 1.29 is 33.3 Å². The van der Waals surface area contributed by atoms with Crippen LogP contribution in [0.4, 0.5) is 0 Å². The number of hydrogen-bond donors (Lipinski definition) is 4. The number of aliphatic hydroxyl groups excluding tert-OH is 4. The van der Waals surface area contributed by atoms with Crippen LogP contribution >= 0.6 is 116 Å². The van der Waals surface area contributed by atoms with Crippen LogP contribution in [0.5, 0.6) is 0 Å². The van der Waals surface area contributed by atoms with Gasteiger partial charge < -0.3 is 33.3 Å². The first-order valence-corrected chi connectivity index (χ1v) is 28.2. The number of rotatable bonds is 24. The van der Waals surface area contributed by atoms with E-state index < -0.39 is 33.4 Å². The van der Waals surface area contributed by atoms with Crippen LogP contribution in [-0.4, -0.2) is 83.8 Å². The smallest absolute Gasteiger partial charge is 0.395 e. The van der Waals surface area contributed by atoms with Crippen LogP contribution in [0.3, 0.4) is 0 Å². The summed E-state index contributed by atoms with van der Waals surface area (Å²) in [6.07, 6.45) is 1.28. The molecule has 0 aromatic heterocycles. The van der Waals surface area contributed by atoms with Gasteiger partial charge in [0.05, 0.1) is 26.4 Å². The zero-order valence-electron chi connectivity index (χ0n) is 32.8. The molecule has 0 fully saturated rings. The van der Waals surface area contributed by atoms with Crippen LogP contribution in [0.25, 0.3) is 0 Å². The van der Waals surface area contributed by atoms with Crippen molar-refractivity contribution in [3.05, 3.63) is 170 Å². The predicted molar refractivity (Wildman–Crippen MR) is 272 cm³/mol. The zero-order valence-corrected chi connectivity index (χ0v) is 44.0. The largest absolute Gasteiger partial charge is 0.660 e. The zero-order chi connectivity index (χ0) is 43.2. The summed E-state index contributed by atoms with van der Waals surface area (Å²) in [5.74, 6) is 1.73. The summed E-state index contributed by atoms with van der Waals surface area (Å²) in [7, 11) is -5.99. The van der Waals surface area contributed by atoms with Gasteiger partial charge >= 0.3 is 7.32 Å². The lowest BCUT2D eigenvalue weighted by Crippen LogP contribution is -2.37. The molecule has 4 N–H and O–H groups in total. The average Bonchev–Trinajstić information content (AvgIpc) is 3.22. The van der Waals surface area contributed by atoms with Crippen molar-refractivity contribution in [3.63, 3.8) is 0 Å². The van der Waals surface area contributed by atoms with Crippen LogP contribution in [-0.2, 0) is 29.8 Å². The van der Waals surface area contributed by atoms with Crippen molar-refractivity contribution in [3.8, 4) is 0 Å². The van der Waals surface area contributed by atoms with Crippen LogP contribution < -0.4 is 0 Å². The summed E-state index contributed by atoms with van der Waals surface area (Å²) >= 11 is 22.1. The highest BCUT2D eigenvalue weighted by Gasteiger charge is 2.42. The Kier molecular flexibility index (Phi) is 20.7. The Hall–Kier alpha value is -0.535. The summed E-state index contributed by atoms with van der Waals surface area (Å²) in [6.45, 7) is -0.521. The van der Waals surface area contributed by atoms with E-state index in [1.54, 1.807) is 0 Å². The van der Waals surface area contributed by atoms with Gasteiger partial charge in [-0.2, -0.15) is 0 Å². The highest BCUT2D eigenvalue weighted by Crippen LogP contribution is 2.59. The minimum atomic E-state index is -2.36. The molecule has 5 rings (SSSR count). The van der Waals surface area contributed by atoms with Crippen LogP contribution in [0.15, 0.2) is 142 Å². The van der Waals surface area contributed by atoms with Crippen molar-refractivity contribution in [1.29, 1.82) is 0 Å². The maximum atomic E-state index is 10.6. The standard InChI is InChI=1S/C44H49BBr6O7S2/c46-36-27-40(48)38(41(49)28-36)31-59(23-18-52,24-19-53)57-45(58-60(25-20-54,26-21-55)32-39-42(50)29-37(47)30-43(39)51)56-22-10-17-44(33-11-4-1-5-12-33,34-13-6-2-7-14-34)35-15-8-3-9-16-35/h1-9,11-16,27-30,52-55H,10,17-26,31-32H2. The summed E-state index contributed by atoms with van der Waals surface area (Å²) in [5, 5.41) is 42.3. The quantitative estimate of drug-likeness (QED) is 0.0277. The Morgan fingerprint density at radius 1 is 0.483 bits per heavy atom. The van der Waals surface area contributed by atoms with E-state index in [4.69, 9.17) is 12.9 Å². The monoisotopic (exact) mass is 1240 g/mol. The number of benzene rings is 5. The highest BCUT2D eigenvalue weighted by atomic mass is 79.9. The molecular formula is C44H49BBr6O7S2. The summed E-state index contributed by atoms with van der Waals surface area (Å²) < 4.78 is 26.1. The maximum absolute atomic E-state index is 10.6. The van der Waals surface area contributed by atoms with Gasteiger partial charge in [-0.05, 0) is 64.9 Å². The van der Waals surface area contributed by atoms with Gasteiger partial charge in [0.15, 0.2) is 0 Å². The molecule has 324 valence electrons. The van der Waals surface area contributed by atoms with Gasteiger partial charge in [-0.3, -0.25) is 0 Å². The lowest BCUT2D eigenvalue weighted by Gasteiger charge is -2.45. The molecule has 0 saturated carbocycles. The predicted octanol–water partition coefficient (Wildman–Crippen LogP) is 12.2. The number of halogens is 6. The molecule has 0 amide bonds. The molecule has 0 spiro atoms. The van der Waals surface area contributed by atoms with E-state index in [1.165, 1.54) is 0 Å². The molecule has 7 nitrogen and oxygen atoms in total. The molecule has 0 radical (unpaired) electrons. The Morgan fingerprint density at radius 2 is 0.800 bits per heavy atom. The van der Waals surface area contributed by atoms with Gasteiger partial charge in [0.2, 0.25) is 0 Å². The minimum absolute atomic E-state index is 0.189.